The zero-order valence-corrected chi connectivity index (χ0v) is 11.2. The Morgan fingerprint density at radius 1 is 0.857 bits per heavy atom. The van der Waals surface area contributed by atoms with Crippen LogP contribution in [0, 0.1) is 31.3 Å². The Morgan fingerprint density at radius 2 is 1.43 bits per heavy atom. The molecule has 0 spiro atoms. The molecule has 112 valence electrons. The average molecular weight is 302 g/mol. The van der Waals surface area contributed by atoms with Crippen LogP contribution in [0.2, 0.25) is 0 Å². The number of ether oxygens (including phenoxy) is 1. The number of aryl methyl sites for hydroxylation is 1. The summed E-state index contributed by atoms with van der Waals surface area (Å²) >= 11 is 0. The highest BCUT2D eigenvalue weighted by molar-refractivity contribution is 5.32. The normalized spacial score (nSPS) is 11.6. The minimum atomic E-state index is -4.05. The Labute approximate surface area is 118 Å². The van der Waals surface area contributed by atoms with Gasteiger partial charge in [-0.1, -0.05) is 6.07 Å². The van der Waals surface area contributed by atoms with Crippen molar-refractivity contribution >= 4 is 0 Å². The lowest BCUT2D eigenvalue weighted by atomic mass is 10.1. The molecule has 2 aromatic carbocycles. The van der Waals surface area contributed by atoms with Gasteiger partial charge in [-0.25, -0.2) is 13.2 Å². The highest BCUT2D eigenvalue weighted by atomic mass is 19.3. The molecule has 0 saturated heterocycles. The summed E-state index contributed by atoms with van der Waals surface area (Å²) in [6.07, 6.45) is -4.05. The lowest BCUT2D eigenvalue weighted by Gasteiger charge is -2.19. The lowest BCUT2D eigenvalue weighted by Crippen LogP contribution is -2.23. The average Bonchev–Trinajstić information content (AvgIpc) is 2.34. The molecule has 2 rings (SSSR count). The van der Waals surface area contributed by atoms with E-state index < -0.39 is 34.9 Å². The van der Waals surface area contributed by atoms with Gasteiger partial charge in [-0.15, -0.1) is 0 Å². The van der Waals surface area contributed by atoms with Gasteiger partial charge in [-0.05, 0) is 31.5 Å². The molecule has 1 nitrogen and oxygen atoms in total. The van der Waals surface area contributed by atoms with Crippen molar-refractivity contribution in [1.82, 2.24) is 0 Å². The predicted octanol–water partition coefficient (Wildman–Crippen LogP) is 4.85. The highest BCUT2D eigenvalue weighted by Gasteiger charge is 2.37. The third-order valence-corrected chi connectivity index (χ3v) is 2.94. The number of halogens is 5. The molecule has 0 N–H and O–H groups in total. The fourth-order valence-electron chi connectivity index (χ4n) is 1.74. The number of alkyl halides is 2. The van der Waals surface area contributed by atoms with E-state index in [2.05, 4.69) is 4.74 Å². The van der Waals surface area contributed by atoms with Gasteiger partial charge in [0.05, 0.1) is 5.56 Å². The molecule has 0 saturated carbocycles. The van der Waals surface area contributed by atoms with Crippen LogP contribution in [0.15, 0.2) is 30.3 Å². The molecule has 0 aliphatic heterocycles. The maximum absolute atomic E-state index is 13.9. The number of benzene rings is 2. The van der Waals surface area contributed by atoms with E-state index in [-0.39, 0.29) is 5.56 Å². The minimum absolute atomic E-state index is 0.313. The standard InChI is InChI=1S/C15H11F5O/c1-8-3-4-11(14(18)5-8)15(19,20)21-10-6-12(16)9(2)13(17)7-10/h3-7H,1-2H3. The van der Waals surface area contributed by atoms with Crippen LogP contribution in [0.5, 0.6) is 5.75 Å². The van der Waals surface area contributed by atoms with Crippen LogP contribution in [0.25, 0.3) is 0 Å². The van der Waals surface area contributed by atoms with Crippen molar-refractivity contribution in [1.29, 1.82) is 0 Å². The van der Waals surface area contributed by atoms with Crippen molar-refractivity contribution in [3.63, 3.8) is 0 Å². The second-order valence-electron chi connectivity index (χ2n) is 4.61. The van der Waals surface area contributed by atoms with Gasteiger partial charge in [0.15, 0.2) is 0 Å². The van der Waals surface area contributed by atoms with Crippen molar-refractivity contribution < 1.29 is 26.7 Å². The molecule has 0 amide bonds. The fourth-order valence-corrected chi connectivity index (χ4v) is 1.74. The Bertz CT molecular complexity index is 659. The molecule has 0 aliphatic carbocycles. The molecule has 0 bridgehead atoms. The van der Waals surface area contributed by atoms with Crippen LogP contribution in [-0.2, 0) is 6.11 Å². The summed E-state index contributed by atoms with van der Waals surface area (Å²) in [4.78, 5) is 0. The Hall–Kier alpha value is -2.11. The fraction of sp³-hybridized carbons (Fsp3) is 0.200. The second-order valence-corrected chi connectivity index (χ2v) is 4.61. The molecule has 0 unspecified atom stereocenters. The molecule has 2 aromatic rings. The molecule has 0 heterocycles. The van der Waals surface area contributed by atoms with E-state index in [1.54, 1.807) is 0 Å². The molecule has 6 heteroatoms. The zero-order valence-electron chi connectivity index (χ0n) is 11.2. The first-order valence-electron chi connectivity index (χ1n) is 6.00. The van der Waals surface area contributed by atoms with Crippen molar-refractivity contribution in [2.24, 2.45) is 0 Å². The largest absolute Gasteiger partial charge is 0.429 e. The summed E-state index contributed by atoms with van der Waals surface area (Å²) in [5.41, 5.74) is -0.860. The van der Waals surface area contributed by atoms with Crippen molar-refractivity contribution in [3.8, 4) is 5.75 Å². The maximum Gasteiger partial charge on any atom is 0.429 e. The highest BCUT2D eigenvalue weighted by Crippen LogP contribution is 2.34. The topological polar surface area (TPSA) is 9.23 Å². The van der Waals surface area contributed by atoms with Crippen LogP contribution >= 0.6 is 0 Å². The quantitative estimate of drug-likeness (QED) is 0.737. The smallest absolute Gasteiger partial charge is 0.429 e. The van der Waals surface area contributed by atoms with Crippen molar-refractivity contribution in [2.75, 3.05) is 0 Å². The van der Waals surface area contributed by atoms with Crippen molar-refractivity contribution in [2.45, 2.75) is 20.0 Å². The first-order valence-corrected chi connectivity index (χ1v) is 6.00. The van der Waals surface area contributed by atoms with E-state index in [4.69, 9.17) is 0 Å². The van der Waals surface area contributed by atoms with Gasteiger partial charge < -0.3 is 4.74 Å². The van der Waals surface area contributed by atoms with Crippen LogP contribution in [-0.4, -0.2) is 0 Å². The SMILES string of the molecule is Cc1ccc(C(F)(F)Oc2cc(F)c(C)c(F)c2)c(F)c1. The van der Waals surface area contributed by atoms with Crippen LogP contribution in [0.1, 0.15) is 16.7 Å². The molecular formula is C15H11F5O. The molecule has 21 heavy (non-hydrogen) atoms. The second kappa shape index (κ2) is 5.35. The van der Waals surface area contributed by atoms with E-state index in [0.29, 0.717) is 17.7 Å². The van der Waals surface area contributed by atoms with E-state index >= 15 is 0 Å². The maximum atomic E-state index is 13.9. The van der Waals surface area contributed by atoms with Crippen LogP contribution in [0.4, 0.5) is 22.0 Å². The van der Waals surface area contributed by atoms with E-state index in [1.165, 1.54) is 13.0 Å². The summed E-state index contributed by atoms with van der Waals surface area (Å²) < 4.78 is 72.2. The Morgan fingerprint density at radius 3 is 1.95 bits per heavy atom. The van der Waals surface area contributed by atoms with E-state index in [1.807, 2.05) is 0 Å². The molecule has 0 aliphatic rings. The van der Waals surface area contributed by atoms with Gasteiger partial charge >= 0.3 is 6.11 Å². The minimum Gasteiger partial charge on any atom is -0.429 e. The van der Waals surface area contributed by atoms with Gasteiger partial charge in [0.25, 0.3) is 0 Å². The first kappa shape index (κ1) is 15.3. The number of hydrogen-bond donors (Lipinski definition) is 0. The van der Waals surface area contributed by atoms with Crippen molar-refractivity contribution in [3.05, 3.63) is 64.5 Å². The summed E-state index contributed by atoms with van der Waals surface area (Å²) in [7, 11) is 0. The van der Waals surface area contributed by atoms with Gasteiger partial charge in [0, 0.05) is 17.7 Å². The summed E-state index contributed by atoms with van der Waals surface area (Å²) in [5, 5.41) is 0. The molecule has 0 fully saturated rings. The third kappa shape index (κ3) is 3.15. The van der Waals surface area contributed by atoms with E-state index in [0.717, 1.165) is 19.1 Å². The van der Waals surface area contributed by atoms with Gasteiger partial charge in [-0.2, -0.15) is 8.78 Å². The Balaban J connectivity index is 2.37. The summed E-state index contributed by atoms with van der Waals surface area (Å²) in [6, 6.07) is 4.32. The van der Waals surface area contributed by atoms with Crippen LogP contribution < -0.4 is 4.74 Å². The summed E-state index contributed by atoms with van der Waals surface area (Å²) in [6.45, 7) is 2.70. The third-order valence-electron chi connectivity index (χ3n) is 2.94. The monoisotopic (exact) mass is 302 g/mol. The van der Waals surface area contributed by atoms with Gasteiger partial charge in [0.2, 0.25) is 0 Å². The zero-order chi connectivity index (χ0) is 15.8. The van der Waals surface area contributed by atoms with Gasteiger partial charge in [-0.3, -0.25) is 0 Å². The first-order chi connectivity index (χ1) is 9.70. The van der Waals surface area contributed by atoms with Crippen LogP contribution in [0.3, 0.4) is 0 Å². The molecule has 0 aromatic heterocycles. The molecule has 0 atom stereocenters. The number of hydrogen-bond acceptors (Lipinski definition) is 1. The van der Waals surface area contributed by atoms with E-state index in [9.17, 15) is 22.0 Å². The number of rotatable bonds is 3. The lowest BCUT2D eigenvalue weighted by molar-refractivity contribution is -0.187. The molecular weight excluding hydrogens is 291 g/mol. The molecule has 0 radical (unpaired) electrons. The van der Waals surface area contributed by atoms with Gasteiger partial charge in [0.1, 0.15) is 23.2 Å². The predicted molar refractivity (Wildman–Crippen MR) is 66.8 cm³/mol. The Kier molecular flexibility index (Phi) is 3.89. The summed E-state index contributed by atoms with van der Waals surface area (Å²) in [5.74, 6) is -3.93.